The number of ether oxygens (including phenoxy) is 1. The lowest BCUT2D eigenvalue weighted by molar-refractivity contribution is -0.174. The second-order valence-corrected chi connectivity index (χ2v) is 5.55. The summed E-state index contributed by atoms with van der Waals surface area (Å²) in [4.78, 5) is 4.77. The molecule has 0 aromatic heterocycles. The van der Waals surface area contributed by atoms with E-state index in [0.717, 1.165) is 65.1 Å². The summed E-state index contributed by atoms with van der Waals surface area (Å²) in [5, 5.41) is 0. The van der Waals surface area contributed by atoms with Crippen molar-refractivity contribution in [2.24, 2.45) is 5.73 Å². The molecule has 1 fully saturated rings. The molecule has 4 nitrogen and oxygen atoms in total. The highest BCUT2D eigenvalue weighted by Crippen LogP contribution is 2.14. The predicted molar refractivity (Wildman–Crippen MR) is 77.3 cm³/mol. The van der Waals surface area contributed by atoms with Crippen molar-refractivity contribution < 1.29 is 17.9 Å². The first-order chi connectivity index (χ1) is 10.0. The number of unbranched alkanes of at least 4 members (excludes halogenated alkanes) is 1. The van der Waals surface area contributed by atoms with Crippen LogP contribution in [0.5, 0.6) is 0 Å². The van der Waals surface area contributed by atoms with Gasteiger partial charge in [-0.2, -0.15) is 13.2 Å². The highest BCUT2D eigenvalue weighted by Gasteiger charge is 2.27. The fourth-order valence-corrected chi connectivity index (χ4v) is 2.53. The Labute approximate surface area is 125 Å². The molecule has 126 valence electrons. The van der Waals surface area contributed by atoms with Crippen LogP contribution < -0.4 is 5.73 Å². The van der Waals surface area contributed by atoms with Gasteiger partial charge in [0.15, 0.2) is 0 Å². The van der Waals surface area contributed by atoms with Gasteiger partial charge in [0.05, 0.1) is 0 Å². The van der Waals surface area contributed by atoms with Crippen molar-refractivity contribution in [3.8, 4) is 0 Å². The zero-order valence-electron chi connectivity index (χ0n) is 12.7. The van der Waals surface area contributed by atoms with Crippen molar-refractivity contribution >= 4 is 0 Å². The summed E-state index contributed by atoms with van der Waals surface area (Å²) in [7, 11) is 0. The zero-order chi connectivity index (χ0) is 15.6. The lowest BCUT2D eigenvalue weighted by Gasteiger charge is -2.21. The van der Waals surface area contributed by atoms with Crippen LogP contribution >= 0.6 is 0 Å². The SMILES string of the molecule is NCCCCN1CCCN(CCCOCC(F)(F)F)CC1. The van der Waals surface area contributed by atoms with Gasteiger partial charge in [0, 0.05) is 26.2 Å². The first-order valence-corrected chi connectivity index (χ1v) is 7.80. The molecule has 1 rings (SSSR count). The second-order valence-electron chi connectivity index (χ2n) is 5.55. The Morgan fingerprint density at radius 3 is 2.10 bits per heavy atom. The summed E-state index contributed by atoms with van der Waals surface area (Å²) >= 11 is 0. The third-order valence-corrected chi connectivity index (χ3v) is 3.64. The van der Waals surface area contributed by atoms with Crippen molar-refractivity contribution in [1.82, 2.24) is 9.80 Å². The molecule has 0 radical (unpaired) electrons. The largest absolute Gasteiger partial charge is 0.411 e. The maximum atomic E-state index is 11.9. The maximum absolute atomic E-state index is 11.9. The standard InChI is InChI=1S/C14H28F3N3O/c15-14(16,17)13-21-12-4-9-20-8-3-7-19(10-11-20)6-2-1-5-18/h1-13,18H2. The summed E-state index contributed by atoms with van der Waals surface area (Å²) < 4.78 is 40.4. The van der Waals surface area contributed by atoms with Gasteiger partial charge in [-0.3, -0.25) is 0 Å². The minimum atomic E-state index is -4.22. The molecule has 1 aliphatic rings. The van der Waals surface area contributed by atoms with Gasteiger partial charge in [0.1, 0.15) is 6.61 Å². The molecule has 1 saturated heterocycles. The Morgan fingerprint density at radius 1 is 0.905 bits per heavy atom. The monoisotopic (exact) mass is 311 g/mol. The fourth-order valence-electron chi connectivity index (χ4n) is 2.53. The zero-order valence-corrected chi connectivity index (χ0v) is 12.7. The molecule has 2 N–H and O–H groups in total. The molecule has 0 aromatic rings. The van der Waals surface area contributed by atoms with Gasteiger partial charge < -0.3 is 20.3 Å². The van der Waals surface area contributed by atoms with Crippen molar-refractivity contribution in [3.63, 3.8) is 0 Å². The Kier molecular flexibility index (Phi) is 9.23. The van der Waals surface area contributed by atoms with Crippen LogP contribution in [0.2, 0.25) is 0 Å². The average molecular weight is 311 g/mol. The van der Waals surface area contributed by atoms with Crippen LogP contribution in [0.4, 0.5) is 13.2 Å². The molecule has 0 atom stereocenters. The molecule has 1 aliphatic heterocycles. The third-order valence-electron chi connectivity index (χ3n) is 3.64. The van der Waals surface area contributed by atoms with Gasteiger partial charge in [-0.25, -0.2) is 0 Å². The minimum absolute atomic E-state index is 0.177. The Balaban J connectivity index is 2.06. The van der Waals surface area contributed by atoms with Gasteiger partial charge in [-0.05, 0) is 51.9 Å². The Bertz CT molecular complexity index is 264. The summed E-state index contributed by atoms with van der Waals surface area (Å²) in [6.45, 7) is 5.85. The highest BCUT2D eigenvalue weighted by molar-refractivity contribution is 4.69. The van der Waals surface area contributed by atoms with E-state index in [1.165, 1.54) is 0 Å². The lowest BCUT2D eigenvalue weighted by Crippen LogP contribution is -2.32. The number of hydrogen-bond acceptors (Lipinski definition) is 4. The van der Waals surface area contributed by atoms with E-state index in [9.17, 15) is 13.2 Å². The van der Waals surface area contributed by atoms with Crippen LogP contribution in [0.3, 0.4) is 0 Å². The number of halogens is 3. The topological polar surface area (TPSA) is 41.7 Å². The van der Waals surface area contributed by atoms with Gasteiger partial charge in [0.2, 0.25) is 0 Å². The molecule has 0 bridgehead atoms. The van der Waals surface area contributed by atoms with E-state index in [4.69, 9.17) is 5.73 Å². The van der Waals surface area contributed by atoms with Crippen LogP contribution in [0.1, 0.15) is 25.7 Å². The first-order valence-electron chi connectivity index (χ1n) is 7.80. The van der Waals surface area contributed by atoms with Crippen molar-refractivity contribution in [1.29, 1.82) is 0 Å². The van der Waals surface area contributed by atoms with E-state index in [0.29, 0.717) is 6.42 Å². The molecule has 0 unspecified atom stereocenters. The second kappa shape index (κ2) is 10.4. The van der Waals surface area contributed by atoms with Gasteiger partial charge in [-0.15, -0.1) is 0 Å². The van der Waals surface area contributed by atoms with E-state index >= 15 is 0 Å². The maximum Gasteiger partial charge on any atom is 0.411 e. The normalized spacial score (nSPS) is 18.9. The average Bonchev–Trinajstić information content (AvgIpc) is 2.63. The Morgan fingerprint density at radius 2 is 1.52 bits per heavy atom. The van der Waals surface area contributed by atoms with Crippen LogP contribution in [0.15, 0.2) is 0 Å². The number of hydrogen-bond donors (Lipinski definition) is 1. The minimum Gasteiger partial charge on any atom is -0.372 e. The van der Waals surface area contributed by atoms with Crippen molar-refractivity contribution in [2.75, 3.05) is 59.0 Å². The molecule has 7 heteroatoms. The summed E-state index contributed by atoms with van der Waals surface area (Å²) in [6.07, 6.45) is -0.236. The van der Waals surface area contributed by atoms with Crippen molar-refractivity contribution in [3.05, 3.63) is 0 Å². The lowest BCUT2D eigenvalue weighted by atomic mass is 10.3. The van der Waals surface area contributed by atoms with Crippen LogP contribution in [-0.4, -0.2) is 75.0 Å². The highest BCUT2D eigenvalue weighted by atomic mass is 19.4. The number of rotatable bonds is 9. The van der Waals surface area contributed by atoms with E-state index < -0.39 is 12.8 Å². The fraction of sp³-hybridized carbons (Fsp3) is 1.00. The number of alkyl halides is 3. The van der Waals surface area contributed by atoms with Crippen molar-refractivity contribution in [2.45, 2.75) is 31.9 Å². The molecule has 0 aromatic carbocycles. The van der Waals surface area contributed by atoms with Crippen LogP contribution in [-0.2, 0) is 4.74 Å². The predicted octanol–water partition coefficient (Wildman–Crippen LogP) is 1.70. The quantitative estimate of drug-likeness (QED) is 0.658. The number of nitrogens with zero attached hydrogens (tertiary/aromatic N) is 2. The molecule has 0 aliphatic carbocycles. The Hall–Kier alpha value is -0.370. The van der Waals surface area contributed by atoms with E-state index in [2.05, 4.69) is 14.5 Å². The van der Waals surface area contributed by atoms with Crippen LogP contribution in [0.25, 0.3) is 0 Å². The van der Waals surface area contributed by atoms with E-state index in [-0.39, 0.29) is 6.61 Å². The summed E-state index contributed by atoms with van der Waals surface area (Å²) in [6, 6.07) is 0. The molecule has 1 heterocycles. The summed E-state index contributed by atoms with van der Waals surface area (Å²) in [5.74, 6) is 0. The van der Waals surface area contributed by atoms with Gasteiger partial charge in [0.25, 0.3) is 0 Å². The molecule has 0 saturated carbocycles. The van der Waals surface area contributed by atoms with Gasteiger partial charge in [-0.1, -0.05) is 0 Å². The smallest absolute Gasteiger partial charge is 0.372 e. The first kappa shape index (κ1) is 18.7. The molecule has 0 spiro atoms. The molecular weight excluding hydrogens is 283 g/mol. The molecule has 21 heavy (non-hydrogen) atoms. The van der Waals surface area contributed by atoms with E-state index in [1.807, 2.05) is 0 Å². The molecule has 0 amide bonds. The molecular formula is C14H28F3N3O. The third kappa shape index (κ3) is 10.1. The number of nitrogens with two attached hydrogens (primary N) is 1. The van der Waals surface area contributed by atoms with E-state index in [1.54, 1.807) is 0 Å². The van der Waals surface area contributed by atoms with Gasteiger partial charge >= 0.3 is 6.18 Å². The van der Waals surface area contributed by atoms with Crippen LogP contribution in [0, 0.1) is 0 Å². The summed E-state index contributed by atoms with van der Waals surface area (Å²) in [5.41, 5.74) is 5.49.